The second-order valence-electron chi connectivity index (χ2n) is 12.8. The molecular formula is C27H48O2. The van der Waals surface area contributed by atoms with E-state index in [0.717, 1.165) is 48.3 Å². The van der Waals surface area contributed by atoms with Crippen molar-refractivity contribution in [3.8, 4) is 0 Å². The van der Waals surface area contributed by atoms with E-state index in [2.05, 4.69) is 34.6 Å². The summed E-state index contributed by atoms with van der Waals surface area (Å²) in [6.07, 6.45) is 13.2. The van der Waals surface area contributed by atoms with Gasteiger partial charge < -0.3 is 10.2 Å². The first-order valence-electron chi connectivity index (χ1n) is 13.0. The maximum atomic E-state index is 10.5. The topological polar surface area (TPSA) is 40.5 Å². The molecule has 2 heteroatoms. The SMILES string of the molecule is CC(C)CCC[C@H](C)[C@@H]1CC[C@@H]2[C@H]3CC[C@H]4C[C@@H](O)[C@@H](O)C[C@]4(C)[C@@H]3CC[C@]21C. The van der Waals surface area contributed by atoms with Crippen LogP contribution in [0, 0.1) is 52.3 Å². The van der Waals surface area contributed by atoms with Crippen LogP contribution in [0.1, 0.15) is 105 Å². The van der Waals surface area contributed by atoms with Crippen LogP contribution in [0.5, 0.6) is 0 Å². The molecule has 29 heavy (non-hydrogen) atoms. The van der Waals surface area contributed by atoms with Gasteiger partial charge >= 0.3 is 0 Å². The number of fused-ring (bicyclic) bond motifs is 5. The summed E-state index contributed by atoms with van der Waals surface area (Å²) in [5.74, 6) is 5.80. The second kappa shape index (κ2) is 8.12. The molecule has 4 rings (SSSR count). The Labute approximate surface area is 180 Å². The Bertz CT molecular complexity index is 573. The van der Waals surface area contributed by atoms with E-state index < -0.39 is 12.2 Å². The molecule has 0 aromatic heterocycles. The lowest BCUT2D eigenvalue weighted by Gasteiger charge is -2.61. The number of hydrogen-bond donors (Lipinski definition) is 2. The molecule has 2 N–H and O–H groups in total. The van der Waals surface area contributed by atoms with Crippen molar-refractivity contribution >= 4 is 0 Å². The highest BCUT2D eigenvalue weighted by Crippen LogP contribution is 2.68. The highest BCUT2D eigenvalue weighted by atomic mass is 16.3. The third-order valence-electron chi connectivity index (χ3n) is 10.9. The van der Waals surface area contributed by atoms with Gasteiger partial charge in [-0.2, -0.15) is 0 Å². The third-order valence-corrected chi connectivity index (χ3v) is 10.9. The molecule has 0 unspecified atom stereocenters. The van der Waals surface area contributed by atoms with Crippen LogP contribution in [0.15, 0.2) is 0 Å². The first kappa shape index (κ1) is 22.1. The summed E-state index contributed by atoms with van der Waals surface area (Å²) in [5, 5.41) is 20.8. The summed E-state index contributed by atoms with van der Waals surface area (Å²) in [6, 6.07) is 0. The van der Waals surface area contributed by atoms with Crippen molar-refractivity contribution in [3.63, 3.8) is 0 Å². The van der Waals surface area contributed by atoms with Crippen LogP contribution in [-0.4, -0.2) is 22.4 Å². The van der Waals surface area contributed by atoms with Gasteiger partial charge in [0.15, 0.2) is 0 Å². The summed E-state index contributed by atoms with van der Waals surface area (Å²) in [6.45, 7) is 12.4. The van der Waals surface area contributed by atoms with E-state index in [4.69, 9.17) is 0 Å². The fourth-order valence-electron chi connectivity index (χ4n) is 9.30. The van der Waals surface area contributed by atoms with Crippen molar-refractivity contribution in [2.75, 3.05) is 0 Å². The molecule has 0 aromatic rings. The van der Waals surface area contributed by atoms with Crippen LogP contribution < -0.4 is 0 Å². The Hall–Kier alpha value is -0.0800. The van der Waals surface area contributed by atoms with Gasteiger partial charge in [-0.1, -0.05) is 53.9 Å². The average molecular weight is 405 g/mol. The molecule has 168 valence electrons. The lowest BCUT2D eigenvalue weighted by molar-refractivity contribution is -0.160. The van der Waals surface area contributed by atoms with E-state index in [1.807, 2.05) is 0 Å². The van der Waals surface area contributed by atoms with E-state index in [-0.39, 0.29) is 5.41 Å². The molecule has 0 spiro atoms. The molecule has 0 radical (unpaired) electrons. The minimum absolute atomic E-state index is 0.254. The van der Waals surface area contributed by atoms with Crippen LogP contribution in [0.2, 0.25) is 0 Å². The molecular weight excluding hydrogens is 356 g/mol. The van der Waals surface area contributed by atoms with Gasteiger partial charge in [0.25, 0.3) is 0 Å². The van der Waals surface area contributed by atoms with Crippen molar-refractivity contribution in [2.24, 2.45) is 52.3 Å². The van der Waals surface area contributed by atoms with Crippen LogP contribution >= 0.6 is 0 Å². The zero-order chi connectivity index (χ0) is 21.0. The Kier molecular flexibility index (Phi) is 6.19. The van der Waals surface area contributed by atoms with Gasteiger partial charge in [0, 0.05) is 0 Å². The maximum absolute atomic E-state index is 10.5. The maximum Gasteiger partial charge on any atom is 0.0804 e. The molecule has 0 saturated heterocycles. The van der Waals surface area contributed by atoms with E-state index >= 15 is 0 Å². The molecule has 0 aromatic carbocycles. The standard InChI is InChI=1S/C27H48O2/c1-17(2)7-6-8-18(3)21-11-12-22-20-10-9-19-15-24(28)25(29)16-27(19,5)23(20)13-14-26(21,22)4/h17-25,28-29H,6-16H2,1-5H3/t18-,19-,20+,21-,22+,23+,24+,25-,26-,27-/m0/s1. The summed E-state index contributed by atoms with van der Waals surface area (Å²) in [4.78, 5) is 0. The normalized spacial score (nSPS) is 50.7. The minimum Gasteiger partial charge on any atom is -0.390 e. The first-order chi connectivity index (χ1) is 13.7. The van der Waals surface area contributed by atoms with Crippen LogP contribution in [-0.2, 0) is 0 Å². The number of aliphatic hydroxyl groups is 2. The molecule has 4 aliphatic rings. The summed E-state index contributed by atoms with van der Waals surface area (Å²) in [7, 11) is 0. The van der Waals surface area contributed by atoms with Gasteiger partial charge in [-0.15, -0.1) is 0 Å². The molecule has 0 amide bonds. The quantitative estimate of drug-likeness (QED) is 0.553. The molecule has 2 nitrogen and oxygen atoms in total. The van der Waals surface area contributed by atoms with Crippen molar-refractivity contribution in [2.45, 2.75) is 117 Å². The Morgan fingerprint density at radius 1 is 0.828 bits per heavy atom. The Morgan fingerprint density at radius 2 is 1.55 bits per heavy atom. The van der Waals surface area contributed by atoms with Crippen molar-refractivity contribution in [1.29, 1.82) is 0 Å². The molecule has 10 atom stereocenters. The van der Waals surface area contributed by atoms with Crippen LogP contribution in [0.25, 0.3) is 0 Å². The zero-order valence-electron chi connectivity index (χ0n) is 19.9. The van der Waals surface area contributed by atoms with Crippen molar-refractivity contribution < 1.29 is 10.2 Å². The highest BCUT2D eigenvalue weighted by Gasteiger charge is 2.61. The lowest BCUT2D eigenvalue weighted by Crippen LogP contribution is -2.56. The third kappa shape index (κ3) is 3.73. The molecule has 4 aliphatic carbocycles. The fourth-order valence-corrected chi connectivity index (χ4v) is 9.30. The molecule has 4 fully saturated rings. The highest BCUT2D eigenvalue weighted by molar-refractivity contribution is 5.10. The number of rotatable bonds is 5. The van der Waals surface area contributed by atoms with E-state index in [9.17, 15) is 10.2 Å². The Morgan fingerprint density at radius 3 is 2.28 bits per heavy atom. The number of aliphatic hydroxyl groups excluding tert-OH is 2. The molecule has 0 bridgehead atoms. The first-order valence-corrected chi connectivity index (χ1v) is 13.0. The van der Waals surface area contributed by atoms with Gasteiger partial charge in [0.2, 0.25) is 0 Å². The molecule has 4 saturated carbocycles. The van der Waals surface area contributed by atoms with Crippen LogP contribution in [0.4, 0.5) is 0 Å². The van der Waals surface area contributed by atoms with Gasteiger partial charge in [0.1, 0.15) is 0 Å². The van der Waals surface area contributed by atoms with Gasteiger partial charge in [-0.05, 0) is 104 Å². The fraction of sp³-hybridized carbons (Fsp3) is 1.00. The van der Waals surface area contributed by atoms with E-state index in [1.54, 1.807) is 0 Å². The molecule has 0 heterocycles. The van der Waals surface area contributed by atoms with Crippen LogP contribution in [0.3, 0.4) is 0 Å². The predicted molar refractivity (Wildman–Crippen MR) is 120 cm³/mol. The average Bonchev–Trinajstić information content (AvgIpc) is 3.00. The monoisotopic (exact) mass is 404 g/mol. The largest absolute Gasteiger partial charge is 0.390 e. The van der Waals surface area contributed by atoms with E-state index in [1.165, 1.54) is 57.8 Å². The number of hydrogen-bond acceptors (Lipinski definition) is 2. The molecule has 0 aliphatic heterocycles. The van der Waals surface area contributed by atoms with Gasteiger partial charge in [0.05, 0.1) is 12.2 Å². The second-order valence-corrected chi connectivity index (χ2v) is 12.8. The summed E-state index contributed by atoms with van der Waals surface area (Å²) < 4.78 is 0. The van der Waals surface area contributed by atoms with Gasteiger partial charge in [-0.3, -0.25) is 0 Å². The smallest absolute Gasteiger partial charge is 0.0804 e. The summed E-state index contributed by atoms with van der Waals surface area (Å²) in [5.41, 5.74) is 0.804. The zero-order valence-corrected chi connectivity index (χ0v) is 19.9. The predicted octanol–water partition coefficient (Wildman–Crippen LogP) is 6.44. The van der Waals surface area contributed by atoms with Crippen molar-refractivity contribution in [3.05, 3.63) is 0 Å². The lowest BCUT2D eigenvalue weighted by atomic mass is 9.44. The van der Waals surface area contributed by atoms with Gasteiger partial charge in [-0.25, -0.2) is 0 Å². The summed E-state index contributed by atoms with van der Waals surface area (Å²) >= 11 is 0. The minimum atomic E-state index is -0.499. The van der Waals surface area contributed by atoms with Crippen molar-refractivity contribution in [1.82, 2.24) is 0 Å². The van der Waals surface area contributed by atoms with E-state index in [0.29, 0.717) is 11.3 Å². The Balaban J connectivity index is 1.47.